The summed E-state index contributed by atoms with van der Waals surface area (Å²) in [6.07, 6.45) is 0.471. The zero-order chi connectivity index (χ0) is 11.6. The highest BCUT2D eigenvalue weighted by Gasteiger charge is 2.24. The van der Waals surface area contributed by atoms with Crippen molar-refractivity contribution >= 4 is 15.5 Å². The summed E-state index contributed by atoms with van der Waals surface area (Å²) in [5.41, 5.74) is 5.62. The minimum Gasteiger partial charge on any atom is -0.398 e. The first kappa shape index (κ1) is 12.0. The number of anilines is 1. The zero-order valence-electron chi connectivity index (χ0n) is 8.70. The Kier molecular flexibility index (Phi) is 3.34. The summed E-state index contributed by atoms with van der Waals surface area (Å²) in [5, 5.41) is -0.554. The first-order valence-corrected chi connectivity index (χ1v) is 6.23. The molecule has 0 amide bonds. The van der Waals surface area contributed by atoms with Crippen LogP contribution in [0.25, 0.3) is 0 Å². The van der Waals surface area contributed by atoms with Gasteiger partial charge in [-0.05, 0) is 31.5 Å². The van der Waals surface area contributed by atoms with Gasteiger partial charge in [-0.3, -0.25) is 0 Å². The van der Waals surface area contributed by atoms with E-state index in [0.29, 0.717) is 6.42 Å². The molecule has 0 aliphatic heterocycles. The molecule has 0 bridgehead atoms. The number of nitrogen functional groups attached to an aromatic ring is 1. The van der Waals surface area contributed by atoms with Crippen molar-refractivity contribution in [3.8, 4) is 0 Å². The number of sulfone groups is 1. The third-order valence-corrected chi connectivity index (χ3v) is 4.75. The molecule has 0 saturated heterocycles. The number of nitrogens with two attached hydrogens (primary N) is 1. The maximum atomic E-state index is 12.9. The Balaban J connectivity index is 3.33. The maximum Gasteiger partial charge on any atom is 0.183 e. The highest BCUT2D eigenvalue weighted by Crippen LogP contribution is 2.24. The van der Waals surface area contributed by atoms with Gasteiger partial charge in [0.05, 0.1) is 15.8 Å². The van der Waals surface area contributed by atoms with Gasteiger partial charge >= 0.3 is 0 Å². The fourth-order valence-electron chi connectivity index (χ4n) is 1.19. The van der Waals surface area contributed by atoms with Crippen molar-refractivity contribution in [2.75, 3.05) is 5.73 Å². The second kappa shape index (κ2) is 4.18. The lowest BCUT2D eigenvalue weighted by Gasteiger charge is -2.12. The fourth-order valence-corrected chi connectivity index (χ4v) is 2.74. The SMILES string of the molecule is CCC(C)S(=O)(=O)c1cc(F)ccc1N. The van der Waals surface area contributed by atoms with Crippen molar-refractivity contribution in [3.63, 3.8) is 0 Å². The molecule has 15 heavy (non-hydrogen) atoms. The van der Waals surface area contributed by atoms with Crippen LogP contribution < -0.4 is 5.73 Å². The van der Waals surface area contributed by atoms with E-state index in [0.717, 1.165) is 12.1 Å². The fraction of sp³-hybridized carbons (Fsp3) is 0.400. The second-order valence-corrected chi connectivity index (χ2v) is 5.78. The number of hydrogen-bond donors (Lipinski definition) is 1. The van der Waals surface area contributed by atoms with Gasteiger partial charge in [0.2, 0.25) is 0 Å². The molecule has 1 unspecified atom stereocenters. The van der Waals surface area contributed by atoms with E-state index >= 15 is 0 Å². The number of benzene rings is 1. The Morgan fingerprint density at radius 2 is 2.07 bits per heavy atom. The molecule has 1 aromatic rings. The van der Waals surface area contributed by atoms with Crippen LogP contribution in [0.4, 0.5) is 10.1 Å². The van der Waals surface area contributed by atoms with Gasteiger partial charge in [-0.1, -0.05) is 6.92 Å². The van der Waals surface area contributed by atoms with Gasteiger partial charge in [-0.2, -0.15) is 0 Å². The average molecular weight is 231 g/mol. The van der Waals surface area contributed by atoms with Crippen molar-refractivity contribution in [2.45, 2.75) is 30.4 Å². The van der Waals surface area contributed by atoms with Crippen LogP contribution >= 0.6 is 0 Å². The molecule has 3 nitrogen and oxygen atoms in total. The molecule has 0 spiro atoms. The molecule has 84 valence electrons. The predicted octanol–water partition coefficient (Wildman–Crippen LogP) is 1.98. The van der Waals surface area contributed by atoms with Gasteiger partial charge in [-0.25, -0.2) is 12.8 Å². The van der Waals surface area contributed by atoms with Crippen molar-refractivity contribution in [2.24, 2.45) is 0 Å². The van der Waals surface area contributed by atoms with E-state index in [2.05, 4.69) is 0 Å². The molecule has 0 fully saturated rings. The van der Waals surface area contributed by atoms with E-state index in [1.807, 2.05) is 0 Å². The lowest BCUT2D eigenvalue weighted by molar-refractivity contribution is 0.578. The van der Waals surface area contributed by atoms with Gasteiger partial charge in [0.1, 0.15) is 5.82 Å². The summed E-state index contributed by atoms with van der Waals surface area (Å²) in [4.78, 5) is -0.114. The van der Waals surface area contributed by atoms with Gasteiger partial charge in [-0.15, -0.1) is 0 Å². The van der Waals surface area contributed by atoms with Gasteiger partial charge < -0.3 is 5.73 Å². The quantitative estimate of drug-likeness (QED) is 0.809. The summed E-state index contributed by atoms with van der Waals surface area (Å²) >= 11 is 0. The van der Waals surface area contributed by atoms with Crippen molar-refractivity contribution in [1.82, 2.24) is 0 Å². The summed E-state index contributed by atoms with van der Waals surface area (Å²) in [7, 11) is -3.51. The zero-order valence-corrected chi connectivity index (χ0v) is 9.51. The molecule has 0 aliphatic carbocycles. The predicted molar refractivity (Wildman–Crippen MR) is 57.8 cm³/mol. The Morgan fingerprint density at radius 3 is 2.60 bits per heavy atom. The summed E-state index contributed by atoms with van der Waals surface area (Å²) < 4.78 is 36.7. The molecule has 1 atom stereocenters. The van der Waals surface area contributed by atoms with Gasteiger partial charge in [0.25, 0.3) is 0 Å². The molecule has 1 aromatic carbocycles. The van der Waals surface area contributed by atoms with Crippen LogP contribution in [0.5, 0.6) is 0 Å². The van der Waals surface area contributed by atoms with Crippen LogP contribution in [-0.2, 0) is 9.84 Å². The van der Waals surface area contributed by atoms with Crippen molar-refractivity contribution in [3.05, 3.63) is 24.0 Å². The van der Waals surface area contributed by atoms with Crippen LogP contribution in [-0.4, -0.2) is 13.7 Å². The van der Waals surface area contributed by atoms with Crippen molar-refractivity contribution in [1.29, 1.82) is 0 Å². The minimum absolute atomic E-state index is 0.0942. The van der Waals surface area contributed by atoms with Gasteiger partial charge in [0, 0.05) is 0 Å². The van der Waals surface area contributed by atoms with Gasteiger partial charge in [0.15, 0.2) is 9.84 Å². The third kappa shape index (κ3) is 2.28. The summed E-state index contributed by atoms with van der Waals surface area (Å²) in [5.74, 6) is -0.592. The smallest absolute Gasteiger partial charge is 0.183 e. The molecule has 0 radical (unpaired) electrons. The topological polar surface area (TPSA) is 60.2 Å². The van der Waals surface area contributed by atoms with E-state index < -0.39 is 20.9 Å². The van der Waals surface area contributed by atoms with E-state index in [9.17, 15) is 12.8 Å². The molecular formula is C10H14FNO2S. The van der Waals surface area contributed by atoms with Crippen LogP contribution in [0, 0.1) is 5.82 Å². The molecule has 0 heterocycles. The van der Waals surface area contributed by atoms with Crippen LogP contribution in [0.15, 0.2) is 23.1 Å². The summed E-state index contributed by atoms with van der Waals surface area (Å²) in [6.45, 7) is 3.34. The Labute approximate surface area is 89.0 Å². The maximum absolute atomic E-state index is 12.9. The largest absolute Gasteiger partial charge is 0.398 e. The third-order valence-electron chi connectivity index (χ3n) is 2.39. The highest BCUT2D eigenvalue weighted by atomic mass is 32.2. The lowest BCUT2D eigenvalue weighted by Crippen LogP contribution is -2.18. The van der Waals surface area contributed by atoms with E-state index in [-0.39, 0.29) is 10.6 Å². The minimum atomic E-state index is -3.51. The molecule has 0 aromatic heterocycles. The first-order chi connectivity index (χ1) is 6.89. The number of hydrogen-bond acceptors (Lipinski definition) is 3. The molecule has 0 saturated carbocycles. The monoisotopic (exact) mass is 231 g/mol. The van der Waals surface area contributed by atoms with Crippen LogP contribution in [0.3, 0.4) is 0 Å². The number of halogens is 1. The van der Waals surface area contributed by atoms with E-state index in [1.54, 1.807) is 13.8 Å². The Bertz CT molecular complexity index is 456. The van der Waals surface area contributed by atoms with E-state index in [1.165, 1.54) is 6.07 Å². The van der Waals surface area contributed by atoms with Crippen LogP contribution in [0.1, 0.15) is 20.3 Å². The molecule has 2 N–H and O–H groups in total. The lowest BCUT2D eigenvalue weighted by atomic mass is 10.3. The van der Waals surface area contributed by atoms with Crippen molar-refractivity contribution < 1.29 is 12.8 Å². The molecule has 5 heteroatoms. The Morgan fingerprint density at radius 1 is 1.47 bits per heavy atom. The molecular weight excluding hydrogens is 217 g/mol. The average Bonchev–Trinajstić information content (AvgIpc) is 2.20. The molecule has 0 aliphatic rings. The highest BCUT2D eigenvalue weighted by molar-refractivity contribution is 7.92. The normalized spacial score (nSPS) is 13.8. The van der Waals surface area contributed by atoms with Crippen LogP contribution in [0.2, 0.25) is 0 Å². The number of rotatable bonds is 3. The summed E-state index contributed by atoms with van der Waals surface area (Å²) in [6, 6.07) is 3.38. The second-order valence-electron chi connectivity index (χ2n) is 3.45. The van der Waals surface area contributed by atoms with E-state index in [4.69, 9.17) is 5.73 Å². The first-order valence-electron chi connectivity index (χ1n) is 4.68. The Hall–Kier alpha value is -1.10. The molecule has 1 rings (SSSR count). The standard InChI is InChI=1S/C10H14FNO2S/c1-3-7(2)15(13,14)10-6-8(11)4-5-9(10)12/h4-7H,3,12H2,1-2H3.